The number of nitrogens with one attached hydrogen (secondary N) is 1. The third-order valence-corrected chi connectivity index (χ3v) is 6.10. The predicted molar refractivity (Wildman–Crippen MR) is 102 cm³/mol. The standard InChI is InChI=1S/C18H15N3O2S2/c1-11-15(24-10-20-11)6-8-21-17(22)16(25-18(21)23)9-12-3-2-4-14-13(12)5-7-19-14/h2-5,7,9-10,19H,6,8H2,1H3. The summed E-state index contributed by atoms with van der Waals surface area (Å²) in [5, 5.41) is 0.828. The van der Waals surface area contributed by atoms with Gasteiger partial charge in [0.2, 0.25) is 0 Å². The van der Waals surface area contributed by atoms with E-state index in [1.165, 1.54) is 4.90 Å². The summed E-state index contributed by atoms with van der Waals surface area (Å²) in [7, 11) is 0. The van der Waals surface area contributed by atoms with Crippen LogP contribution < -0.4 is 0 Å². The number of amides is 2. The SMILES string of the molecule is Cc1ncsc1CCN1C(=O)SC(=Cc2cccc3[nH]ccc23)C1=O. The number of hydrogen-bond acceptors (Lipinski definition) is 5. The van der Waals surface area contributed by atoms with Crippen molar-refractivity contribution in [1.82, 2.24) is 14.9 Å². The topological polar surface area (TPSA) is 66.1 Å². The van der Waals surface area contributed by atoms with Gasteiger partial charge in [-0.05, 0) is 42.5 Å². The zero-order chi connectivity index (χ0) is 17.4. The van der Waals surface area contributed by atoms with Gasteiger partial charge in [-0.25, -0.2) is 4.98 Å². The van der Waals surface area contributed by atoms with Crippen molar-refractivity contribution in [2.75, 3.05) is 6.54 Å². The summed E-state index contributed by atoms with van der Waals surface area (Å²) in [5.74, 6) is -0.218. The summed E-state index contributed by atoms with van der Waals surface area (Å²) >= 11 is 2.56. The van der Waals surface area contributed by atoms with Crippen LogP contribution in [0.5, 0.6) is 0 Å². The molecule has 0 atom stereocenters. The lowest BCUT2D eigenvalue weighted by Crippen LogP contribution is -2.30. The van der Waals surface area contributed by atoms with Crippen molar-refractivity contribution in [1.29, 1.82) is 0 Å². The van der Waals surface area contributed by atoms with Gasteiger partial charge in [0, 0.05) is 34.9 Å². The average molecular weight is 369 g/mol. The maximum atomic E-state index is 12.6. The van der Waals surface area contributed by atoms with E-state index in [0.717, 1.165) is 38.8 Å². The van der Waals surface area contributed by atoms with Crippen LogP contribution in [-0.4, -0.2) is 32.6 Å². The Labute approximate surface area is 152 Å². The van der Waals surface area contributed by atoms with E-state index in [9.17, 15) is 9.59 Å². The zero-order valence-electron chi connectivity index (χ0n) is 13.5. The number of benzene rings is 1. The molecule has 2 aromatic heterocycles. The number of thioether (sulfide) groups is 1. The van der Waals surface area contributed by atoms with E-state index in [1.54, 1.807) is 22.9 Å². The molecule has 0 spiro atoms. The first-order valence-corrected chi connectivity index (χ1v) is 9.53. The molecule has 1 aliphatic heterocycles. The number of H-pyrrole nitrogens is 1. The Morgan fingerprint density at radius 2 is 2.16 bits per heavy atom. The number of fused-ring (bicyclic) bond motifs is 1. The second-order valence-electron chi connectivity index (χ2n) is 5.73. The van der Waals surface area contributed by atoms with Crippen molar-refractivity contribution in [2.24, 2.45) is 0 Å². The fourth-order valence-corrected chi connectivity index (χ4v) is 4.48. The molecule has 0 bridgehead atoms. The lowest BCUT2D eigenvalue weighted by atomic mass is 10.1. The number of carbonyl (C=O) groups excluding carboxylic acids is 2. The van der Waals surface area contributed by atoms with Gasteiger partial charge in [-0.2, -0.15) is 0 Å². The normalized spacial score (nSPS) is 16.5. The molecule has 25 heavy (non-hydrogen) atoms. The van der Waals surface area contributed by atoms with Gasteiger partial charge in [0.05, 0.1) is 16.1 Å². The second kappa shape index (κ2) is 6.50. The Hall–Kier alpha value is -2.38. The van der Waals surface area contributed by atoms with Crippen molar-refractivity contribution in [3.05, 3.63) is 57.0 Å². The lowest BCUT2D eigenvalue weighted by molar-refractivity contribution is -0.122. The molecule has 3 heterocycles. The van der Waals surface area contributed by atoms with Crippen LogP contribution in [-0.2, 0) is 11.2 Å². The van der Waals surface area contributed by atoms with Crippen LogP contribution in [0.1, 0.15) is 16.1 Å². The molecule has 0 aliphatic carbocycles. The number of imide groups is 1. The van der Waals surface area contributed by atoms with E-state index >= 15 is 0 Å². The molecule has 1 aliphatic rings. The molecule has 0 saturated carbocycles. The molecule has 3 aromatic rings. The van der Waals surface area contributed by atoms with Gasteiger partial charge in [-0.15, -0.1) is 11.3 Å². The van der Waals surface area contributed by atoms with Crippen LogP contribution in [0.2, 0.25) is 0 Å². The number of aryl methyl sites for hydroxylation is 1. The Morgan fingerprint density at radius 1 is 1.28 bits per heavy atom. The van der Waals surface area contributed by atoms with Gasteiger partial charge in [0.25, 0.3) is 11.1 Å². The Balaban J connectivity index is 1.56. The first kappa shape index (κ1) is 16.1. The third-order valence-electron chi connectivity index (χ3n) is 4.20. The van der Waals surface area contributed by atoms with Crippen molar-refractivity contribution >= 4 is 51.2 Å². The van der Waals surface area contributed by atoms with E-state index in [4.69, 9.17) is 0 Å². The van der Waals surface area contributed by atoms with Gasteiger partial charge < -0.3 is 4.98 Å². The number of carbonyl (C=O) groups is 2. The maximum Gasteiger partial charge on any atom is 0.293 e. The van der Waals surface area contributed by atoms with Crippen molar-refractivity contribution in [3.63, 3.8) is 0 Å². The fourth-order valence-electron chi connectivity index (χ4n) is 2.85. The zero-order valence-corrected chi connectivity index (χ0v) is 15.1. The summed E-state index contributed by atoms with van der Waals surface area (Å²) in [5.41, 5.74) is 4.69. The predicted octanol–water partition coefficient (Wildman–Crippen LogP) is 4.21. The van der Waals surface area contributed by atoms with Crippen LogP contribution in [0.15, 0.2) is 40.9 Å². The largest absolute Gasteiger partial charge is 0.361 e. The number of hydrogen-bond donors (Lipinski definition) is 1. The van der Waals surface area contributed by atoms with Gasteiger partial charge >= 0.3 is 0 Å². The monoisotopic (exact) mass is 369 g/mol. The minimum atomic E-state index is -0.218. The molecular formula is C18H15N3O2S2. The number of nitrogens with zero attached hydrogens (tertiary/aromatic N) is 2. The summed E-state index contributed by atoms with van der Waals surface area (Å²) < 4.78 is 0. The highest BCUT2D eigenvalue weighted by molar-refractivity contribution is 8.18. The van der Waals surface area contributed by atoms with Crippen LogP contribution in [0.4, 0.5) is 4.79 Å². The summed E-state index contributed by atoms with van der Waals surface area (Å²) in [6, 6.07) is 7.83. The van der Waals surface area contributed by atoms with E-state index in [1.807, 2.05) is 37.4 Å². The molecule has 1 saturated heterocycles. The minimum absolute atomic E-state index is 0.209. The summed E-state index contributed by atoms with van der Waals surface area (Å²) in [6.45, 7) is 2.33. The maximum absolute atomic E-state index is 12.6. The number of aromatic nitrogens is 2. The van der Waals surface area contributed by atoms with Crippen LogP contribution in [0, 0.1) is 6.92 Å². The molecule has 1 aromatic carbocycles. The van der Waals surface area contributed by atoms with Crippen LogP contribution >= 0.6 is 23.1 Å². The smallest absolute Gasteiger partial charge is 0.293 e. The van der Waals surface area contributed by atoms with E-state index in [2.05, 4.69) is 9.97 Å². The highest BCUT2D eigenvalue weighted by atomic mass is 32.2. The Morgan fingerprint density at radius 3 is 2.96 bits per heavy atom. The highest BCUT2D eigenvalue weighted by Gasteiger charge is 2.34. The first-order chi connectivity index (χ1) is 12.1. The summed E-state index contributed by atoms with van der Waals surface area (Å²) in [6.07, 6.45) is 4.32. The third kappa shape index (κ3) is 3.01. The number of rotatable bonds is 4. The summed E-state index contributed by atoms with van der Waals surface area (Å²) in [4.78, 5) is 35.2. The minimum Gasteiger partial charge on any atom is -0.361 e. The van der Waals surface area contributed by atoms with Gasteiger partial charge in [-0.3, -0.25) is 14.5 Å². The molecule has 1 N–H and O–H groups in total. The van der Waals surface area contributed by atoms with Crippen LogP contribution in [0.3, 0.4) is 0 Å². The molecule has 0 radical (unpaired) electrons. The van der Waals surface area contributed by atoms with Gasteiger partial charge in [-0.1, -0.05) is 12.1 Å². The quantitative estimate of drug-likeness (QED) is 0.700. The molecule has 4 rings (SSSR count). The molecular weight excluding hydrogens is 354 g/mol. The van der Waals surface area contributed by atoms with Crippen molar-refractivity contribution < 1.29 is 9.59 Å². The number of thiazole rings is 1. The Bertz CT molecular complexity index is 1000. The number of aromatic amines is 1. The highest BCUT2D eigenvalue weighted by Crippen LogP contribution is 2.33. The fraction of sp³-hybridized carbons (Fsp3) is 0.167. The molecule has 1 fully saturated rings. The van der Waals surface area contributed by atoms with Gasteiger partial charge in [0.1, 0.15) is 0 Å². The second-order valence-corrected chi connectivity index (χ2v) is 7.66. The van der Waals surface area contributed by atoms with Crippen molar-refractivity contribution in [3.8, 4) is 0 Å². The van der Waals surface area contributed by atoms with E-state index < -0.39 is 0 Å². The van der Waals surface area contributed by atoms with Crippen molar-refractivity contribution in [2.45, 2.75) is 13.3 Å². The van der Waals surface area contributed by atoms with Gasteiger partial charge in [0.15, 0.2) is 0 Å². The molecule has 7 heteroatoms. The first-order valence-electron chi connectivity index (χ1n) is 7.84. The molecule has 126 valence electrons. The van der Waals surface area contributed by atoms with E-state index in [-0.39, 0.29) is 11.1 Å². The average Bonchev–Trinajstić information content (AvgIpc) is 3.28. The van der Waals surface area contributed by atoms with Crippen LogP contribution in [0.25, 0.3) is 17.0 Å². The lowest BCUT2D eigenvalue weighted by Gasteiger charge is -2.11. The molecule has 5 nitrogen and oxygen atoms in total. The van der Waals surface area contributed by atoms with E-state index in [0.29, 0.717) is 17.9 Å². The molecule has 0 unspecified atom stereocenters. The Kier molecular flexibility index (Phi) is 4.19. The molecule has 2 amide bonds.